The van der Waals surface area contributed by atoms with Crippen molar-refractivity contribution in [3.8, 4) is 5.75 Å². The summed E-state index contributed by atoms with van der Waals surface area (Å²) < 4.78 is 5.48. The molecular weight excluding hydrogens is 262 g/mol. The van der Waals surface area contributed by atoms with E-state index in [4.69, 9.17) is 4.74 Å². The van der Waals surface area contributed by atoms with E-state index < -0.39 is 0 Å². The summed E-state index contributed by atoms with van der Waals surface area (Å²) >= 11 is 0. The molecule has 1 unspecified atom stereocenters. The van der Waals surface area contributed by atoms with Crippen molar-refractivity contribution in [2.24, 2.45) is 0 Å². The van der Waals surface area contributed by atoms with Gasteiger partial charge < -0.3 is 10.1 Å². The summed E-state index contributed by atoms with van der Waals surface area (Å²) in [7, 11) is 3.71. The summed E-state index contributed by atoms with van der Waals surface area (Å²) in [5.74, 6) is 0.943. The number of hydrogen-bond acceptors (Lipinski definition) is 4. The number of nitrogens with zero attached hydrogens (tertiary/aromatic N) is 2. The van der Waals surface area contributed by atoms with Gasteiger partial charge in [0, 0.05) is 47.9 Å². The number of aryl methyl sites for hydroxylation is 1. The Hall–Kier alpha value is -1.94. The lowest BCUT2D eigenvalue weighted by Gasteiger charge is -2.18. The highest BCUT2D eigenvalue weighted by Crippen LogP contribution is 2.25. The Kier molecular flexibility index (Phi) is 5.28. The molecule has 2 heterocycles. The molecule has 1 N–H and O–H groups in total. The molecule has 0 aliphatic carbocycles. The second-order valence-electron chi connectivity index (χ2n) is 5.30. The second-order valence-corrected chi connectivity index (χ2v) is 5.30. The lowest BCUT2D eigenvalue weighted by atomic mass is 9.99. The van der Waals surface area contributed by atoms with Gasteiger partial charge in [-0.2, -0.15) is 0 Å². The molecule has 112 valence electrons. The van der Waals surface area contributed by atoms with E-state index in [9.17, 15) is 0 Å². The third-order valence-corrected chi connectivity index (χ3v) is 3.83. The topological polar surface area (TPSA) is 47.0 Å². The van der Waals surface area contributed by atoms with Gasteiger partial charge in [0.2, 0.25) is 0 Å². The molecule has 1 atom stereocenters. The van der Waals surface area contributed by atoms with Crippen molar-refractivity contribution in [2.45, 2.75) is 32.7 Å². The largest absolute Gasteiger partial charge is 0.496 e. The molecule has 0 aliphatic heterocycles. The number of pyridine rings is 2. The number of aromatic nitrogens is 2. The van der Waals surface area contributed by atoms with Crippen molar-refractivity contribution in [1.82, 2.24) is 15.3 Å². The first-order valence-corrected chi connectivity index (χ1v) is 7.21. The molecule has 0 fully saturated rings. The molecule has 0 aromatic carbocycles. The normalized spacial score (nSPS) is 12.2. The zero-order valence-corrected chi connectivity index (χ0v) is 13.2. The monoisotopic (exact) mass is 285 g/mol. The molecule has 0 radical (unpaired) electrons. The predicted molar refractivity (Wildman–Crippen MR) is 84.8 cm³/mol. The maximum Gasteiger partial charge on any atom is 0.128 e. The van der Waals surface area contributed by atoms with Crippen LogP contribution in [0.4, 0.5) is 0 Å². The average Bonchev–Trinajstić information content (AvgIpc) is 2.50. The number of methoxy groups -OCH3 is 1. The first-order chi connectivity index (χ1) is 10.2. The number of ether oxygens (including phenoxy) is 1. The Balaban J connectivity index is 2.15. The third-order valence-electron chi connectivity index (χ3n) is 3.83. The highest BCUT2D eigenvalue weighted by Gasteiger charge is 2.14. The van der Waals surface area contributed by atoms with Gasteiger partial charge in [0.05, 0.1) is 7.11 Å². The van der Waals surface area contributed by atoms with Crippen LogP contribution in [0.15, 0.2) is 30.7 Å². The number of likely N-dealkylation sites (N-methyl/N-ethyl adjacent to an activating group) is 1. The van der Waals surface area contributed by atoms with Gasteiger partial charge >= 0.3 is 0 Å². The number of hydrogen-bond donors (Lipinski definition) is 1. The van der Waals surface area contributed by atoms with E-state index in [1.807, 2.05) is 32.6 Å². The van der Waals surface area contributed by atoms with Crippen LogP contribution < -0.4 is 10.1 Å². The molecular formula is C17H23N3O. The summed E-state index contributed by atoms with van der Waals surface area (Å²) in [5, 5.41) is 3.38. The van der Waals surface area contributed by atoms with E-state index in [-0.39, 0.29) is 0 Å². The highest BCUT2D eigenvalue weighted by molar-refractivity contribution is 5.41. The first kappa shape index (κ1) is 15.4. The number of nitrogens with one attached hydrogen (secondary N) is 1. The van der Waals surface area contributed by atoms with Gasteiger partial charge in [0.1, 0.15) is 5.75 Å². The quantitative estimate of drug-likeness (QED) is 0.885. The Morgan fingerprint density at radius 3 is 2.52 bits per heavy atom. The SMILES string of the molecule is CNC(Cc1ccncc1)Cc1ncc(C)c(OC)c1C. The van der Waals surface area contributed by atoms with E-state index in [2.05, 4.69) is 34.3 Å². The summed E-state index contributed by atoms with van der Waals surface area (Å²) in [5.41, 5.74) is 4.58. The minimum absolute atomic E-state index is 0.339. The van der Waals surface area contributed by atoms with Crippen LogP contribution in [0.3, 0.4) is 0 Å². The maximum absolute atomic E-state index is 5.48. The van der Waals surface area contributed by atoms with Crippen LogP contribution in [0, 0.1) is 13.8 Å². The zero-order chi connectivity index (χ0) is 15.2. The van der Waals surface area contributed by atoms with Crippen LogP contribution in [0.2, 0.25) is 0 Å². The zero-order valence-electron chi connectivity index (χ0n) is 13.2. The fraction of sp³-hybridized carbons (Fsp3) is 0.412. The second kappa shape index (κ2) is 7.18. The van der Waals surface area contributed by atoms with E-state index in [1.54, 1.807) is 7.11 Å². The molecule has 0 bridgehead atoms. The first-order valence-electron chi connectivity index (χ1n) is 7.21. The minimum Gasteiger partial charge on any atom is -0.496 e. The Labute approximate surface area is 126 Å². The van der Waals surface area contributed by atoms with E-state index in [0.717, 1.165) is 35.4 Å². The van der Waals surface area contributed by atoms with E-state index in [1.165, 1.54) is 5.56 Å². The Morgan fingerprint density at radius 2 is 1.90 bits per heavy atom. The molecule has 0 saturated heterocycles. The summed E-state index contributed by atoms with van der Waals surface area (Å²) in [6.07, 6.45) is 7.39. The molecule has 2 aromatic heterocycles. The van der Waals surface area contributed by atoms with Gasteiger partial charge in [-0.1, -0.05) is 0 Å². The molecule has 4 heteroatoms. The van der Waals surface area contributed by atoms with Crippen LogP contribution >= 0.6 is 0 Å². The van der Waals surface area contributed by atoms with Crippen LogP contribution in [0.5, 0.6) is 5.75 Å². The van der Waals surface area contributed by atoms with Gasteiger partial charge in [0.15, 0.2) is 0 Å². The summed E-state index contributed by atoms with van der Waals surface area (Å²) in [4.78, 5) is 8.64. The van der Waals surface area contributed by atoms with Crippen LogP contribution in [-0.2, 0) is 12.8 Å². The van der Waals surface area contributed by atoms with Crippen LogP contribution in [0.25, 0.3) is 0 Å². The van der Waals surface area contributed by atoms with Crippen LogP contribution in [-0.4, -0.2) is 30.2 Å². The van der Waals surface area contributed by atoms with Crippen molar-refractivity contribution >= 4 is 0 Å². The molecule has 21 heavy (non-hydrogen) atoms. The molecule has 0 aliphatic rings. The Morgan fingerprint density at radius 1 is 1.19 bits per heavy atom. The lowest BCUT2D eigenvalue weighted by Crippen LogP contribution is -2.30. The smallest absolute Gasteiger partial charge is 0.128 e. The van der Waals surface area contributed by atoms with E-state index >= 15 is 0 Å². The highest BCUT2D eigenvalue weighted by atomic mass is 16.5. The van der Waals surface area contributed by atoms with Gasteiger partial charge in [-0.05, 0) is 45.0 Å². The van der Waals surface area contributed by atoms with Crippen molar-refractivity contribution < 1.29 is 4.74 Å². The average molecular weight is 285 g/mol. The minimum atomic E-state index is 0.339. The maximum atomic E-state index is 5.48. The van der Waals surface area contributed by atoms with Crippen LogP contribution in [0.1, 0.15) is 22.4 Å². The van der Waals surface area contributed by atoms with E-state index in [0.29, 0.717) is 6.04 Å². The molecule has 4 nitrogen and oxygen atoms in total. The molecule has 2 rings (SSSR count). The van der Waals surface area contributed by atoms with Crippen molar-refractivity contribution in [3.05, 3.63) is 53.1 Å². The predicted octanol–water partition coefficient (Wildman–Crippen LogP) is 2.48. The molecule has 0 amide bonds. The lowest BCUT2D eigenvalue weighted by molar-refractivity contribution is 0.406. The van der Waals surface area contributed by atoms with Gasteiger partial charge in [-0.25, -0.2) is 0 Å². The summed E-state index contributed by atoms with van der Waals surface area (Å²) in [6, 6.07) is 4.45. The van der Waals surface area contributed by atoms with Crippen molar-refractivity contribution in [1.29, 1.82) is 0 Å². The Bertz CT molecular complexity index is 584. The fourth-order valence-electron chi connectivity index (χ4n) is 2.59. The van der Waals surface area contributed by atoms with Crippen molar-refractivity contribution in [2.75, 3.05) is 14.2 Å². The third kappa shape index (κ3) is 3.79. The number of rotatable bonds is 6. The molecule has 0 spiro atoms. The molecule has 0 saturated carbocycles. The summed E-state index contributed by atoms with van der Waals surface area (Å²) in [6.45, 7) is 4.10. The van der Waals surface area contributed by atoms with Crippen molar-refractivity contribution in [3.63, 3.8) is 0 Å². The fourth-order valence-corrected chi connectivity index (χ4v) is 2.59. The van der Waals surface area contributed by atoms with Gasteiger partial charge in [-0.15, -0.1) is 0 Å². The standard InChI is InChI=1S/C17H23N3O/c1-12-11-20-16(13(2)17(12)21-4)10-15(18-3)9-14-5-7-19-8-6-14/h5-8,11,15,18H,9-10H2,1-4H3. The van der Waals surface area contributed by atoms with Gasteiger partial charge in [-0.3, -0.25) is 9.97 Å². The van der Waals surface area contributed by atoms with Gasteiger partial charge in [0.25, 0.3) is 0 Å². The molecule has 2 aromatic rings.